The van der Waals surface area contributed by atoms with Gasteiger partial charge in [0.2, 0.25) is 10.0 Å². The van der Waals surface area contributed by atoms with Crippen molar-refractivity contribution in [1.82, 2.24) is 14.5 Å². The molecule has 2 aliphatic rings. The normalized spacial score (nSPS) is 21.6. The zero-order valence-electron chi connectivity index (χ0n) is 29.6. The summed E-state index contributed by atoms with van der Waals surface area (Å²) >= 11 is 0. The number of hydrogen-bond donors (Lipinski definition) is 2. The number of aliphatic hydroxyl groups excluding tert-OH is 1. The molecule has 0 saturated carbocycles. The van der Waals surface area contributed by atoms with Crippen LogP contribution in [0, 0.1) is 5.92 Å². The molecule has 2 aliphatic heterocycles. The molecular formula is C43H47N3O5S. The summed E-state index contributed by atoms with van der Waals surface area (Å²) in [6, 6.07) is 43.3. The van der Waals surface area contributed by atoms with Gasteiger partial charge in [0.25, 0.3) is 0 Å². The monoisotopic (exact) mass is 717 g/mol. The van der Waals surface area contributed by atoms with E-state index in [1.807, 2.05) is 36.4 Å². The van der Waals surface area contributed by atoms with E-state index in [0.717, 1.165) is 72.6 Å². The van der Waals surface area contributed by atoms with Gasteiger partial charge in [-0.25, -0.2) is 13.1 Å². The van der Waals surface area contributed by atoms with Crippen LogP contribution in [0.3, 0.4) is 0 Å². The Morgan fingerprint density at radius 3 is 2.00 bits per heavy atom. The number of ether oxygens (including phenoxy) is 2. The molecule has 270 valence electrons. The SMILES string of the molecule is C[C@H]1[C@@H](CN2CCN(Cc3ccccc3)CC2)O[C@@H](c2ccc(-c3cccc(CNS(=O)(=O)c4ccccc4)c3)cc2)O[C@H]1c1ccc(CO)cc1. The number of nitrogens with zero attached hydrogens (tertiary/aromatic N) is 2. The summed E-state index contributed by atoms with van der Waals surface area (Å²) < 4.78 is 41.8. The van der Waals surface area contributed by atoms with Crippen LogP contribution in [0.25, 0.3) is 11.1 Å². The number of rotatable bonds is 12. The van der Waals surface area contributed by atoms with Crippen LogP contribution in [0.5, 0.6) is 0 Å². The van der Waals surface area contributed by atoms with Crippen LogP contribution in [-0.4, -0.2) is 62.2 Å². The minimum Gasteiger partial charge on any atom is -0.392 e. The van der Waals surface area contributed by atoms with E-state index < -0.39 is 16.3 Å². The lowest BCUT2D eigenvalue weighted by molar-refractivity contribution is -0.276. The second kappa shape index (κ2) is 16.7. The molecule has 8 nitrogen and oxygen atoms in total. The maximum Gasteiger partial charge on any atom is 0.240 e. The second-order valence-electron chi connectivity index (χ2n) is 13.8. The molecule has 52 heavy (non-hydrogen) atoms. The third kappa shape index (κ3) is 8.87. The van der Waals surface area contributed by atoms with Gasteiger partial charge in [0.1, 0.15) is 0 Å². The summed E-state index contributed by atoms with van der Waals surface area (Å²) in [5.41, 5.74) is 7.12. The average Bonchev–Trinajstić information content (AvgIpc) is 3.19. The molecule has 0 radical (unpaired) electrons. The number of benzene rings is 5. The predicted molar refractivity (Wildman–Crippen MR) is 203 cm³/mol. The Morgan fingerprint density at radius 1 is 0.673 bits per heavy atom. The largest absolute Gasteiger partial charge is 0.392 e. The van der Waals surface area contributed by atoms with E-state index in [4.69, 9.17) is 9.47 Å². The van der Waals surface area contributed by atoms with Crippen molar-refractivity contribution in [1.29, 1.82) is 0 Å². The van der Waals surface area contributed by atoms with Crippen LogP contribution in [0.15, 0.2) is 138 Å². The smallest absolute Gasteiger partial charge is 0.240 e. The van der Waals surface area contributed by atoms with Gasteiger partial charge in [-0.15, -0.1) is 0 Å². The van der Waals surface area contributed by atoms with Crippen molar-refractivity contribution in [2.24, 2.45) is 5.92 Å². The van der Waals surface area contributed by atoms with E-state index in [-0.39, 0.29) is 36.2 Å². The Morgan fingerprint density at radius 2 is 1.31 bits per heavy atom. The lowest BCUT2D eigenvalue weighted by Gasteiger charge is -2.44. The topological polar surface area (TPSA) is 91.3 Å². The summed E-state index contributed by atoms with van der Waals surface area (Å²) in [5.74, 6) is 0.111. The third-order valence-corrected chi connectivity index (χ3v) is 11.7. The van der Waals surface area contributed by atoms with E-state index >= 15 is 0 Å². The van der Waals surface area contributed by atoms with E-state index in [2.05, 4.69) is 88.2 Å². The van der Waals surface area contributed by atoms with Gasteiger partial charge in [-0.1, -0.05) is 122 Å². The quantitative estimate of drug-likeness (QED) is 0.145. The molecule has 2 heterocycles. The van der Waals surface area contributed by atoms with E-state index in [1.165, 1.54) is 5.56 Å². The Labute approximate surface area is 307 Å². The Hall–Kier alpha value is -4.19. The molecule has 2 saturated heterocycles. The van der Waals surface area contributed by atoms with Gasteiger partial charge in [-0.3, -0.25) is 9.80 Å². The zero-order chi connectivity index (χ0) is 35.9. The van der Waals surface area contributed by atoms with Crippen molar-refractivity contribution in [3.05, 3.63) is 161 Å². The first-order valence-corrected chi connectivity index (χ1v) is 19.6. The first-order chi connectivity index (χ1) is 25.3. The van der Waals surface area contributed by atoms with Gasteiger partial charge in [-0.2, -0.15) is 0 Å². The fraction of sp³-hybridized carbons (Fsp3) is 0.302. The standard InChI is InChI=1S/C43H47N3O5S/c1-32-41(30-46-25-23-45(24-26-46)29-33-9-4-2-5-10-33)50-43(51-42(32)37-17-15-34(31-47)16-18-37)38-21-19-36(20-22-38)39-12-8-11-35(27-39)28-44-52(48,49)40-13-6-3-7-14-40/h2-22,27,32,41-44,47H,23-26,28-31H2,1H3/t32-,41+,42+,43+/m0/s1. The third-order valence-electron chi connectivity index (χ3n) is 10.2. The summed E-state index contributed by atoms with van der Waals surface area (Å²) in [5, 5.41) is 9.64. The van der Waals surface area contributed by atoms with Crippen LogP contribution in [0.1, 0.15) is 47.1 Å². The number of sulfonamides is 1. The van der Waals surface area contributed by atoms with E-state index in [1.54, 1.807) is 30.3 Å². The minimum atomic E-state index is -3.61. The zero-order valence-corrected chi connectivity index (χ0v) is 30.4. The maximum absolute atomic E-state index is 12.8. The average molecular weight is 718 g/mol. The highest BCUT2D eigenvalue weighted by Crippen LogP contribution is 2.42. The van der Waals surface area contributed by atoms with Crippen LogP contribution in [0.2, 0.25) is 0 Å². The van der Waals surface area contributed by atoms with Crippen molar-refractivity contribution in [3.8, 4) is 11.1 Å². The number of hydrogen-bond acceptors (Lipinski definition) is 7. The maximum atomic E-state index is 12.8. The molecule has 2 N–H and O–H groups in total. The van der Waals surface area contributed by atoms with Crippen molar-refractivity contribution in [3.63, 3.8) is 0 Å². The van der Waals surface area contributed by atoms with Crippen LogP contribution in [0.4, 0.5) is 0 Å². The van der Waals surface area contributed by atoms with Gasteiger partial charge < -0.3 is 14.6 Å². The van der Waals surface area contributed by atoms with Crippen molar-refractivity contribution < 1.29 is 23.0 Å². The van der Waals surface area contributed by atoms with Gasteiger partial charge in [0.15, 0.2) is 6.29 Å². The lowest BCUT2D eigenvalue weighted by atomic mass is 9.89. The molecule has 4 atom stereocenters. The minimum absolute atomic E-state index is 0.00449. The Balaban J connectivity index is 1.04. The highest BCUT2D eigenvalue weighted by Gasteiger charge is 2.39. The molecule has 2 fully saturated rings. The van der Waals surface area contributed by atoms with E-state index in [0.29, 0.717) is 0 Å². The molecular weight excluding hydrogens is 671 g/mol. The molecule has 5 aromatic rings. The first-order valence-electron chi connectivity index (χ1n) is 18.1. The van der Waals surface area contributed by atoms with E-state index in [9.17, 15) is 13.5 Å². The molecule has 0 bridgehead atoms. The van der Waals surface area contributed by atoms with Gasteiger partial charge >= 0.3 is 0 Å². The molecule has 0 unspecified atom stereocenters. The first kappa shape index (κ1) is 36.2. The van der Waals surface area contributed by atoms with Crippen molar-refractivity contribution in [2.45, 2.75) is 50.0 Å². The summed E-state index contributed by atoms with van der Waals surface area (Å²) in [6.45, 7) is 8.22. The van der Waals surface area contributed by atoms with Crippen molar-refractivity contribution in [2.75, 3.05) is 32.7 Å². The van der Waals surface area contributed by atoms with Crippen molar-refractivity contribution >= 4 is 10.0 Å². The summed E-state index contributed by atoms with van der Waals surface area (Å²) in [7, 11) is -3.61. The highest BCUT2D eigenvalue weighted by molar-refractivity contribution is 7.89. The molecule has 5 aromatic carbocycles. The van der Waals surface area contributed by atoms with Crippen LogP contribution in [-0.2, 0) is 39.2 Å². The Bertz CT molecular complexity index is 1990. The Kier molecular flexibility index (Phi) is 11.6. The fourth-order valence-electron chi connectivity index (χ4n) is 7.11. The second-order valence-corrected chi connectivity index (χ2v) is 15.6. The molecule has 0 amide bonds. The fourth-order valence-corrected chi connectivity index (χ4v) is 8.15. The molecule has 0 aliphatic carbocycles. The number of aliphatic hydroxyl groups is 1. The molecule has 0 aromatic heterocycles. The molecule has 9 heteroatoms. The summed E-state index contributed by atoms with van der Waals surface area (Å²) in [4.78, 5) is 5.29. The van der Waals surface area contributed by atoms with Crippen LogP contribution < -0.4 is 4.72 Å². The number of piperazine rings is 1. The molecule has 0 spiro atoms. The van der Waals surface area contributed by atoms with Gasteiger partial charge in [-0.05, 0) is 51.6 Å². The lowest BCUT2D eigenvalue weighted by Crippen LogP contribution is -2.51. The predicted octanol–water partition coefficient (Wildman–Crippen LogP) is 6.93. The summed E-state index contributed by atoms with van der Waals surface area (Å²) in [6.07, 6.45) is -0.763. The van der Waals surface area contributed by atoms with Crippen LogP contribution >= 0.6 is 0 Å². The van der Waals surface area contributed by atoms with Gasteiger partial charge in [0.05, 0.1) is 23.7 Å². The van der Waals surface area contributed by atoms with Gasteiger partial charge in [0, 0.05) is 57.3 Å². The number of nitrogens with one attached hydrogen (secondary N) is 1. The molecule has 7 rings (SSSR count). The highest BCUT2D eigenvalue weighted by atomic mass is 32.2.